The summed E-state index contributed by atoms with van der Waals surface area (Å²) in [6.07, 6.45) is 0. The van der Waals surface area contributed by atoms with Gasteiger partial charge in [0, 0.05) is 11.3 Å². The maximum Gasteiger partial charge on any atom is 0.221 e. The first-order valence-corrected chi connectivity index (χ1v) is 10.9. The van der Waals surface area contributed by atoms with Crippen molar-refractivity contribution in [1.82, 2.24) is 9.55 Å². The van der Waals surface area contributed by atoms with Gasteiger partial charge in [0.1, 0.15) is 11.8 Å². The van der Waals surface area contributed by atoms with Crippen LogP contribution in [0.25, 0.3) is 16.7 Å². The molecule has 0 saturated heterocycles. The number of Topliss-reactive ketones (excluding diaryl/α,β-unsaturated/α-hetero) is 1. The summed E-state index contributed by atoms with van der Waals surface area (Å²) in [5.41, 5.74) is 6.17. The molecular formula is C28H18N4O. The highest BCUT2D eigenvalue weighted by Gasteiger charge is 2.45. The van der Waals surface area contributed by atoms with Gasteiger partial charge in [-0.2, -0.15) is 0 Å². The lowest BCUT2D eigenvalue weighted by atomic mass is 9.89. The van der Waals surface area contributed by atoms with Crippen molar-refractivity contribution in [2.24, 2.45) is 4.99 Å². The van der Waals surface area contributed by atoms with E-state index >= 15 is 0 Å². The van der Waals surface area contributed by atoms with Crippen LogP contribution in [0.2, 0.25) is 0 Å². The molecule has 0 spiro atoms. The minimum Gasteiger partial charge on any atom is -0.293 e. The number of para-hydroxylation sites is 5. The van der Waals surface area contributed by atoms with Crippen LogP contribution in [0.15, 0.2) is 108 Å². The normalized spacial score (nSPS) is 16.4. The largest absolute Gasteiger partial charge is 0.293 e. The molecule has 3 heterocycles. The number of amidine groups is 1. The molecule has 4 aromatic carbocycles. The number of anilines is 2. The van der Waals surface area contributed by atoms with Crippen molar-refractivity contribution >= 4 is 40.0 Å². The molecule has 1 unspecified atom stereocenters. The second-order valence-electron chi connectivity index (χ2n) is 8.25. The lowest BCUT2D eigenvalue weighted by Crippen LogP contribution is -2.32. The summed E-state index contributed by atoms with van der Waals surface area (Å²) >= 11 is 0. The zero-order chi connectivity index (χ0) is 21.9. The quantitative estimate of drug-likeness (QED) is 0.338. The third-order valence-electron chi connectivity index (χ3n) is 6.40. The van der Waals surface area contributed by atoms with E-state index in [0.717, 1.165) is 33.9 Å². The van der Waals surface area contributed by atoms with Gasteiger partial charge in [0.2, 0.25) is 5.95 Å². The Morgan fingerprint density at radius 2 is 1.45 bits per heavy atom. The number of aliphatic imine (C=N–C) groups is 1. The third-order valence-corrected chi connectivity index (χ3v) is 6.40. The number of benzene rings is 4. The van der Waals surface area contributed by atoms with Crippen molar-refractivity contribution in [3.8, 4) is 5.69 Å². The van der Waals surface area contributed by atoms with Gasteiger partial charge in [0.25, 0.3) is 0 Å². The zero-order valence-electron chi connectivity index (χ0n) is 17.6. The van der Waals surface area contributed by atoms with Crippen LogP contribution in [0.3, 0.4) is 0 Å². The number of hydrogen-bond donors (Lipinski definition) is 0. The van der Waals surface area contributed by atoms with Crippen LogP contribution in [-0.2, 0) is 0 Å². The molecule has 1 atom stereocenters. The van der Waals surface area contributed by atoms with Gasteiger partial charge in [-0.15, -0.1) is 0 Å². The summed E-state index contributed by atoms with van der Waals surface area (Å²) in [5, 5.41) is 0. The second kappa shape index (κ2) is 6.74. The Kier molecular flexibility index (Phi) is 3.70. The highest BCUT2D eigenvalue weighted by Crippen LogP contribution is 2.48. The fourth-order valence-electron chi connectivity index (χ4n) is 4.96. The summed E-state index contributed by atoms with van der Waals surface area (Å²) in [6.45, 7) is 0. The summed E-state index contributed by atoms with van der Waals surface area (Å²) in [4.78, 5) is 25.7. The first-order valence-electron chi connectivity index (χ1n) is 10.9. The first kappa shape index (κ1) is 18.1. The fourth-order valence-corrected chi connectivity index (χ4v) is 4.96. The molecule has 0 N–H and O–H groups in total. The predicted molar refractivity (Wildman–Crippen MR) is 130 cm³/mol. The van der Waals surface area contributed by atoms with Crippen molar-refractivity contribution in [3.63, 3.8) is 0 Å². The van der Waals surface area contributed by atoms with E-state index in [4.69, 9.17) is 9.98 Å². The molecule has 2 aliphatic heterocycles. The minimum absolute atomic E-state index is 0.0768. The Morgan fingerprint density at radius 3 is 2.36 bits per heavy atom. The van der Waals surface area contributed by atoms with E-state index < -0.39 is 5.92 Å². The molecule has 0 fully saturated rings. The molecule has 0 bridgehead atoms. The van der Waals surface area contributed by atoms with Gasteiger partial charge < -0.3 is 0 Å². The lowest BCUT2D eigenvalue weighted by molar-refractivity contribution is 0.0982. The number of hydrogen-bond acceptors (Lipinski definition) is 4. The highest BCUT2D eigenvalue weighted by molar-refractivity contribution is 6.30. The van der Waals surface area contributed by atoms with E-state index in [1.165, 1.54) is 0 Å². The standard InChI is InChI=1S/C28H18N4O/c33-26-19-12-4-6-14-21(19)29-27-25(26)20-13-5-8-16-23(20)32(27)28-30-22-15-7-9-17-24(22)31(28)18-10-2-1-3-11-18/h1-17,25H. The van der Waals surface area contributed by atoms with E-state index in [9.17, 15) is 4.79 Å². The number of carbonyl (C=O) groups is 1. The SMILES string of the molecule is O=C1c2ccccc2N=C2C1c1ccccc1N2c1nc2ccccc2n1-c1ccccc1. The fraction of sp³-hybridized carbons (Fsp3) is 0.0357. The number of imidazole rings is 1. The predicted octanol–water partition coefficient (Wildman–Crippen LogP) is 6.19. The lowest BCUT2D eigenvalue weighted by Gasteiger charge is -2.25. The summed E-state index contributed by atoms with van der Waals surface area (Å²) in [5.74, 6) is 1.06. The van der Waals surface area contributed by atoms with E-state index in [2.05, 4.69) is 27.7 Å². The monoisotopic (exact) mass is 426 g/mol. The molecular weight excluding hydrogens is 408 g/mol. The molecule has 0 saturated carbocycles. The van der Waals surface area contributed by atoms with Gasteiger partial charge >= 0.3 is 0 Å². The second-order valence-corrected chi connectivity index (χ2v) is 8.25. The van der Waals surface area contributed by atoms with E-state index in [1.807, 2.05) is 84.9 Å². The number of fused-ring (bicyclic) bond motifs is 5. The maximum atomic E-state index is 13.6. The molecule has 5 heteroatoms. The van der Waals surface area contributed by atoms with Crippen molar-refractivity contribution in [3.05, 3.63) is 114 Å². The van der Waals surface area contributed by atoms with Crippen LogP contribution >= 0.6 is 0 Å². The first-order chi connectivity index (χ1) is 16.3. The average molecular weight is 426 g/mol. The molecule has 0 aliphatic carbocycles. The Balaban J connectivity index is 1.56. The van der Waals surface area contributed by atoms with Crippen LogP contribution in [0.1, 0.15) is 21.8 Å². The number of carbonyl (C=O) groups excluding carboxylic acids is 1. The van der Waals surface area contributed by atoms with Gasteiger partial charge in [-0.3, -0.25) is 14.3 Å². The van der Waals surface area contributed by atoms with Gasteiger partial charge in [-0.05, 0) is 48.0 Å². The van der Waals surface area contributed by atoms with Crippen LogP contribution in [0.4, 0.5) is 17.3 Å². The third kappa shape index (κ3) is 2.50. The summed E-state index contributed by atoms with van der Waals surface area (Å²) in [6, 6.07) is 33.9. The van der Waals surface area contributed by atoms with E-state index in [1.54, 1.807) is 0 Å². The van der Waals surface area contributed by atoms with Crippen LogP contribution in [0, 0.1) is 0 Å². The molecule has 1 aromatic heterocycles. The molecule has 0 amide bonds. The van der Waals surface area contributed by atoms with E-state index in [-0.39, 0.29) is 5.78 Å². The topological polar surface area (TPSA) is 50.5 Å². The molecule has 2 aliphatic rings. The number of aromatic nitrogens is 2. The van der Waals surface area contributed by atoms with Crippen LogP contribution in [0.5, 0.6) is 0 Å². The Hall–Kier alpha value is -4.51. The average Bonchev–Trinajstić information content (AvgIpc) is 3.40. The number of ketones is 1. The van der Waals surface area contributed by atoms with Crippen molar-refractivity contribution in [1.29, 1.82) is 0 Å². The molecule has 7 rings (SSSR count). The Morgan fingerprint density at radius 1 is 0.727 bits per heavy atom. The Labute approximate surface area is 190 Å². The van der Waals surface area contributed by atoms with Crippen LogP contribution in [-0.4, -0.2) is 21.2 Å². The summed E-state index contributed by atoms with van der Waals surface area (Å²) < 4.78 is 2.14. The number of nitrogens with zero attached hydrogens (tertiary/aromatic N) is 4. The maximum absolute atomic E-state index is 13.6. The van der Waals surface area contributed by atoms with Crippen molar-refractivity contribution in [2.75, 3.05) is 4.90 Å². The minimum atomic E-state index is -0.444. The summed E-state index contributed by atoms with van der Waals surface area (Å²) in [7, 11) is 0. The zero-order valence-corrected chi connectivity index (χ0v) is 17.6. The molecule has 0 radical (unpaired) electrons. The van der Waals surface area contributed by atoms with Crippen molar-refractivity contribution < 1.29 is 4.79 Å². The smallest absolute Gasteiger partial charge is 0.221 e. The van der Waals surface area contributed by atoms with E-state index in [0.29, 0.717) is 17.1 Å². The molecule has 5 aromatic rings. The molecule has 156 valence electrons. The number of rotatable bonds is 2. The van der Waals surface area contributed by atoms with Gasteiger partial charge in [0.15, 0.2) is 5.78 Å². The highest BCUT2D eigenvalue weighted by atomic mass is 16.1. The van der Waals surface area contributed by atoms with Crippen LogP contribution < -0.4 is 4.90 Å². The van der Waals surface area contributed by atoms with Gasteiger partial charge in [-0.1, -0.05) is 60.7 Å². The molecule has 5 nitrogen and oxygen atoms in total. The van der Waals surface area contributed by atoms with Gasteiger partial charge in [0.05, 0.1) is 22.4 Å². The van der Waals surface area contributed by atoms with Gasteiger partial charge in [-0.25, -0.2) is 9.98 Å². The molecule has 33 heavy (non-hydrogen) atoms. The van der Waals surface area contributed by atoms with Crippen molar-refractivity contribution in [2.45, 2.75) is 5.92 Å². The Bertz CT molecular complexity index is 1600.